The summed E-state index contributed by atoms with van der Waals surface area (Å²) in [6.07, 6.45) is 0. The number of aromatic carboxylic acids is 1. The molecule has 0 spiro atoms. The number of halogens is 1. The van der Waals surface area contributed by atoms with Gasteiger partial charge in [-0.15, -0.1) is 0 Å². The zero-order valence-corrected chi connectivity index (χ0v) is 15.2. The molecule has 1 heterocycles. The molecular weight excluding hydrogens is 354 g/mol. The Morgan fingerprint density at radius 1 is 1.08 bits per heavy atom. The smallest absolute Gasteiger partial charge is 0.337 e. The summed E-state index contributed by atoms with van der Waals surface area (Å²) < 4.78 is 0. The lowest BCUT2D eigenvalue weighted by Crippen LogP contribution is -2.44. The Kier molecular flexibility index (Phi) is 5.44. The lowest BCUT2D eigenvalue weighted by Gasteiger charge is -2.34. The number of carbonyl (C=O) groups excluding carboxylic acids is 1. The standard InChI is InChI=1S/C19H20ClN3O3/c1-22-7-9-23(10-8-22)15-5-6-17(16(12-15)19(25)26)21-18(24)13-3-2-4-14(20)11-13/h2-6,11-12H,7-10H2,1H3,(H,21,24)(H,25,26). The summed E-state index contributed by atoms with van der Waals surface area (Å²) in [5, 5.41) is 12.7. The van der Waals surface area contributed by atoms with E-state index in [0.29, 0.717) is 10.6 Å². The average molecular weight is 374 g/mol. The third-order valence-corrected chi connectivity index (χ3v) is 4.67. The van der Waals surface area contributed by atoms with Gasteiger partial charge in [0.2, 0.25) is 0 Å². The fourth-order valence-corrected chi connectivity index (χ4v) is 3.09. The molecule has 26 heavy (non-hydrogen) atoms. The minimum Gasteiger partial charge on any atom is -0.478 e. The number of hydrogen-bond donors (Lipinski definition) is 2. The van der Waals surface area contributed by atoms with Crippen LogP contribution in [0.3, 0.4) is 0 Å². The molecule has 2 aromatic rings. The fourth-order valence-electron chi connectivity index (χ4n) is 2.90. The van der Waals surface area contributed by atoms with Crippen LogP contribution in [0.5, 0.6) is 0 Å². The molecule has 1 aliphatic heterocycles. The third-order valence-electron chi connectivity index (χ3n) is 4.44. The van der Waals surface area contributed by atoms with Crippen LogP contribution >= 0.6 is 11.6 Å². The molecule has 7 heteroatoms. The lowest BCUT2D eigenvalue weighted by molar-refractivity contribution is 0.0698. The van der Waals surface area contributed by atoms with Gasteiger partial charge in [0.15, 0.2) is 0 Å². The van der Waals surface area contributed by atoms with Crippen molar-refractivity contribution >= 4 is 34.9 Å². The van der Waals surface area contributed by atoms with Gasteiger partial charge in [-0.2, -0.15) is 0 Å². The van der Waals surface area contributed by atoms with Gasteiger partial charge in [-0.1, -0.05) is 17.7 Å². The molecule has 0 radical (unpaired) electrons. The van der Waals surface area contributed by atoms with Crippen LogP contribution in [0, 0.1) is 0 Å². The Morgan fingerprint density at radius 2 is 1.81 bits per heavy atom. The number of hydrogen-bond acceptors (Lipinski definition) is 4. The third kappa shape index (κ3) is 4.15. The molecule has 1 fully saturated rings. The minimum absolute atomic E-state index is 0.0665. The van der Waals surface area contributed by atoms with E-state index in [4.69, 9.17) is 11.6 Å². The Labute approximate surface area is 157 Å². The first kappa shape index (κ1) is 18.2. The van der Waals surface area contributed by atoms with Crippen molar-refractivity contribution < 1.29 is 14.7 Å². The molecule has 0 atom stereocenters. The van der Waals surface area contributed by atoms with Gasteiger partial charge in [0.25, 0.3) is 5.91 Å². The van der Waals surface area contributed by atoms with Crippen LogP contribution in [0.1, 0.15) is 20.7 Å². The first-order chi connectivity index (χ1) is 12.4. The van der Waals surface area contributed by atoms with E-state index in [-0.39, 0.29) is 11.3 Å². The zero-order valence-electron chi connectivity index (χ0n) is 14.4. The minimum atomic E-state index is -1.08. The van der Waals surface area contributed by atoms with E-state index in [1.165, 1.54) is 6.07 Å². The summed E-state index contributed by atoms with van der Waals surface area (Å²) in [4.78, 5) is 28.4. The van der Waals surface area contributed by atoms with Gasteiger partial charge in [0.1, 0.15) is 0 Å². The van der Waals surface area contributed by atoms with Crippen LogP contribution in [-0.4, -0.2) is 55.1 Å². The van der Waals surface area contributed by atoms with Crippen molar-refractivity contribution in [2.75, 3.05) is 43.4 Å². The Balaban J connectivity index is 1.83. The topological polar surface area (TPSA) is 72.9 Å². The van der Waals surface area contributed by atoms with Gasteiger partial charge in [0.05, 0.1) is 11.3 Å². The fraction of sp³-hybridized carbons (Fsp3) is 0.263. The number of benzene rings is 2. The molecule has 0 aromatic heterocycles. The van der Waals surface area contributed by atoms with Crippen molar-refractivity contribution in [1.82, 2.24) is 4.90 Å². The molecule has 2 N–H and O–H groups in total. The maximum Gasteiger partial charge on any atom is 0.337 e. The summed E-state index contributed by atoms with van der Waals surface area (Å²) in [6.45, 7) is 3.53. The summed E-state index contributed by atoms with van der Waals surface area (Å²) in [7, 11) is 2.06. The normalized spacial score (nSPS) is 14.9. The molecular formula is C19H20ClN3O3. The first-order valence-electron chi connectivity index (χ1n) is 8.32. The van der Waals surface area contributed by atoms with E-state index in [2.05, 4.69) is 22.2 Å². The second-order valence-electron chi connectivity index (χ2n) is 6.29. The van der Waals surface area contributed by atoms with Crippen LogP contribution in [0.25, 0.3) is 0 Å². The van der Waals surface area contributed by atoms with Crippen LogP contribution in [0.4, 0.5) is 11.4 Å². The van der Waals surface area contributed by atoms with Crippen molar-refractivity contribution in [3.8, 4) is 0 Å². The number of nitrogens with one attached hydrogen (secondary N) is 1. The highest BCUT2D eigenvalue weighted by Crippen LogP contribution is 2.25. The average Bonchev–Trinajstić information content (AvgIpc) is 2.62. The second kappa shape index (κ2) is 7.76. The molecule has 136 valence electrons. The largest absolute Gasteiger partial charge is 0.478 e. The van der Waals surface area contributed by atoms with Gasteiger partial charge in [-0.25, -0.2) is 4.79 Å². The highest BCUT2D eigenvalue weighted by atomic mass is 35.5. The number of nitrogens with zero attached hydrogens (tertiary/aromatic N) is 2. The van der Waals surface area contributed by atoms with E-state index >= 15 is 0 Å². The number of amides is 1. The van der Waals surface area contributed by atoms with E-state index in [1.807, 2.05) is 6.07 Å². The summed E-state index contributed by atoms with van der Waals surface area (Å²) in [6, 6.07) is 11.6. The van der Waals surface area contributed by atoms with Gasteiger partial charge in [-0.05, 0) is 43.4 Å². The van der Waals surface area contributed by atoms with Crippen molar-refractivity contribution in [3.63, 3.8) is 0 Å². The molecule has 1 saturated heterocycles. The SMILES string of the molecule is CN1CCN(c2ccc(NC(=O)c3cccc(Cl)c3)c(C(=O)O)c2)CC1. The van der Waals surface area contributed by atoms with Crippen molar-refractivity contribution in [3.05, 3.63) is 58.6 Å². The number of piperazine rings is 1. The van der Waals surface area contributed by atoms with E-state index in [1.54, 1.807) is 30.3 Å². The maximum atomic E-state index is 12.4. The molecule has 0 aliphatic carbocycles. The maximum absolute atomic E-state index is 12.4. The predicted molar refractivity (Wildman–Crippen MR) is 103 cm³/mol. The summed E-state index contributed by atoms with van der Waals surface area (Å²) in [5.41, 5.74) is 1.55. The molecule has 0 saturated carbocycles. The molecule has 6 nitrogen and oxygen atoms in total. The number of rotatable bonds is 4. The summed E-state index contributed by atoms with van der Waals surface area (Å²) >= 11 is 5.91. The van der Waals surface area contributed by atoms with Gasteiger partial charge < -0.3 is 20.2 Å². The highest BCUT2D eigenvalue weighted by molar-refractivity contribution is 6.31. The molecule has 1 amide bonds. The van der Waals surface area contributed by atoms with Crippen LogP contribution in [0.15, 0.2) is 42.5 Å². The highest BCUT2D eigenvalue weighted by Gasteiger charge is 2.19. The zero-order chi connectivity index (χ0) is 18.7. The molecule has 1 aliphatic rings. The van der Waals surface area contributed by atoms with Crippen molar-refractivity contribution in [1.29, 1.82) is 0 Å². The number of carboxylic acid groups (broad SMARTS) is 1. The lowest BCUT2D eigenvalue weighted by atomic mass is 10.1. The Morgan fingerprint density at radius 3 is 2.46 bits per heavy atom. The van der Waals surface area contributed by atoms with Crippen molar-refractivity contribution in [2.24, 2.45) is 0 Å². The summed E-state index contributed by atoms with van der Waals surface area (Å²) in [5.74, 6) is -1.48. The molecule has 0 unspecified atom stereocenters. The quantitative estimate of drug-likeness (QED) is 0.861. The van der Waals surface area contributed by atoms with Crippen molar-refractivity contribution in [2.45, 2.75) is 0 Å². The van der Waals surface area contributed by atoms with Crippen LogP contribution < -0.4 is 10.2 Å². The number of carbonyl (C=O) groups is 2. The first-order valence-corrected chi connectivity index (χ1v) is 8.69. The predicted octanol–water partition coefficient (Wildman–Crippen LogP) is 3.04. The van der Waals surface area contributed by atoms with Crippen LogP contribution in [-0.2, 0) is 0 Å². The second-order valence-corrected chi connectivity index (χ2v) is 6.73. The number of likely N-dealkylation sites (N-methyl/N-ethyl adjacent to an activating group) is 1. The van der Waals surface area contributed by atoms with Gasteiger partial charge in [0, 0.05) is 42.5 Å². The number of anilines is 2. The molecule has 3 rings (SSSR count). The van der Waals surface area contributed by atoms with Gasteiger partial charge in [-0.3, -0.25) is 4.79 Å². The van der Waals surface area contributed by atoms with E-state index < -0.39 is 11.9 Å². The molecule has 0 bridgehead atoms. The Bertz CT molecular complexity index is 833. The van der Waals surface area contributed by atoms with E-state index in [9.17, 15) is 14.7 Å². The number of carboxylic acids is 1. The van der Waals surface area contributed by atoms with E-state index in [0.717, 1.165) is 31.9 Å². The monoisotopic (exact) mass is 373 g/mol. The molecule has 2 aromatic carbocycles. The van der Waals surface area contributed by atoms with Gasteiger partial charge >= 0.3 is 5.97 Å². The Hall–Kier alpha value is -2.57. The van der Waals surface area contributed by atoms with Crippen LogP contribution in [0.2, 0.25) is 5.02 Å².